The first kappa shape index (κ1) is 9.15. The van der Waals surface area contributed by atoms with E-state index in [1.165, 1.54) is 0 Å². The van der Waals surface area contributed by atoms with Crippen LogP contribution in [0.1, 0.15) is 12.0 Å². The van der Waals surface area contributed by atoms with Gasteiger partial charge in [0, 0.05) is 17.3 Å². The average Bonchev–Trinajstić information content (AvgIpc) is 2.09. The first-order valence-corrected chi connectivity index (χ1v) is 4.79. The molecule has 0 bridgehead atoms. The van der Waals surface area contributed by atoms with Crippen LogP contribution in [0.15, 0.2) is 24.3 Å². The molecule has 1 aromatic carbocycles. The molecule has 0 atom stereocenters. The van der Waals surface area contributed by atoms with Crippen molar-refractivity contribution in [2.75, 3.05) is 5.33 Å². The summed E-state index contributed by atoms with van der Waals surface area (Å²) in [4.78, 5) is 0. The van der Waals surface area contributed by atoms with Crippen molar-refractivity contribution >= 4 is 15.9 Å². The van der Waals surface area contributed by atoms with Crippen molar-refractivity contribution in [3.05, 3.63) is 29.8 Å². The second kappa shape index (κ2) is 4.84. The molecule has 1 nitrogen and oxygen atoms in total. The molecular weight excluding hydrogens is 216 g/mol. The van der Waals surface area contributed by atoms with Crippen molar-refractivity contribution in [1.29, 1.82) is 0 Å². The normalized spacial score (nSPS) is 8.75. The predicted octanol–water partition coefficient (Wildman–Crippen LogP) is 2.53. The number of aromatic hydroxyl groups is 1. The summed E-state index contributed by atoms with van der Waals surface area (Å²) in [5.74, 6) is 6.25. The van der Waals surface area contributed by atoms with Gasteiger partial charge in [0.05, 0.1) is 0 Å². The highest BCUT2D eigenvalue weighted by Crippen LogP contribution is 2.08. The molecule has 0 heterocycles. The van der Waals surface area contributed by atoms with Crippen LogP contribution in [0.25, 0.3) is 0 Å². The van der Waals surface area contributed by atoms with Crippen LogP contribution in [-0.4, -0.2) is 10.4 Å². The van der Waals surface area contributed by atoms with E-state index in [1.54, 1.807) is 24.3 Å². The maximum atomic E-state index is 8.97. The molecule has 62 valence electrons. The van der Waals surface area contributed by atoms with Gasteiger partial charge >= 0.3 is 0 Å². The minimum absolute atomic E-state index is 0.279. The molecule has 0 aliphatic carbocycles. The molecule has 0 saturated heterocycles. The van der Waals surface area contributed by atoms with Crippen molar-refractivity contribution in [1.82, 2.24) is 0 Å². The van der Waals surface area contributed by atoms with Crippen LogP contribution < -0.4 is 0 Å². The fraction of sp³-hybridized carbons (Fsp3) is 0.200. The van der Waals surface area contributed by atoms with Gasteiger partial charge in [-0.2, -0.15) is 0 Å². The van der Waals surface area contributed by atoms with Gasteiger partial charge in [0.25, 0.3) is 0 Å². The highest BCUT2D eigenvalue weighted by Gasteiger charge is 1.86. The van der Waals surface area contributed by atoms with E-state index in [-0.39, 0.29) is 5.75 Å². The summed E-state index contributed by atoms with van der Waals surface area (Å²) >= 11 is 3.29. The van der Waals surface area contributed by atoms with Crippen LogP contribution in [0.3, 0.4) is 0 Å². The number of hydrogen-bond acceptors (Lipinski definition) is 1. The lowest BCUT2D eigenvalue weighted by atomic mass is 10.2. The van der Waals surface area contributed by atoms with Gasteiger partial charge in [0.2, 0.25) is 0 Å². The molecule has 1 rings (SSSR count). The van der Waals surface area contributed by atoms with Gasteiger partial charge in [0.15, 0.2) is 0 Å². The van der Waals surface area contributed by atoms with Crippen LogP contribution in [-0.2, 0) is 0 Å². The van der Waals surface area contributed by atoms with E-state index in [4.69, 9.17) is 5.11 Å². The fourth-order valence-electron chi connectivity index (χ4n) is 0.757. The summed E-state index contributed by atoms with van der Waals surface area (Å²) in [5.41, 5.74) is 0.939. The summed E-state index contributed by atoms with van der Waals surface area (Å²) in [6, 6.07) is 6.88. The third kappa shape index (κ3) is 2.98. The molecule has 0 aliphatic rings. The first-order valence-electron chi connectivity index (χ1n) is 3.67. The van der Waals surface area contributed by atoms with Gasteiger partial charge in [-0.15, -0.1) is 0 Å². The molecule has 12 heavy (non-hydrogen) atoms. The largest absolute Gasteiger partial charge is 0.508 e. The van der Waals surface area contributed by atoms with E-state index < -0.39 is 0 Å². The highest BCUT2D eigenvalue weighted by molar-refractivity contribution is 9.09. The van der Waals surface area contributed by atoms with Crippen LogP contribution >= 0.6 is 15.9 Å². The topological polar surface area (TPSA) is 20.2 Å². The van der Waals surface area contributed by atoms with E-state index in [0.717, 1.165) is 17.3 Å². The van der Waals surface area contributed by atoms with Gasteiger partial charge in [0.1, 0.15) is 5.75 Å². The summed E-state index contributed by atoms with van der Waals surface area (Å²) in [5, 5.41) is 9.87. The Balaban J connectivity index is 2.66. The zero-order valence-electron chi connectivity index (χ0n) is 6.55. The van der Waals surface area contributed by atoms with E-state index in [2.05, 4.69) is 27.8 Å². The van der Waals surface area contributed by atoms with Gasteiger partial charge in [-0.25, -0.2) is 0 Å². The third-order valence-electron chi connectivity index (χ3n) is 1.32. The number of halogens is 1. The van der Waals surface area contributed by atoms with Gasteiger partial charge in [-0.1, -0.05) is 27.8 Å². The molecule has 0 aliphatic heterocycles. The maximum Gasteiger partial charge on any atom is 0.115 e. The van der Waals surface area contributed by atoms with Crippen molar-refractivity contribution in [3.8, 4) is 17.6 Å². The first-order chi connectivity index (χ1) is 5.83. The molecule has 0 spiro atoms. The average molecular weight is 225 g/mol. The van der Waals surface area contributed by atoms with Crippen molar-refractivity contribution in [2.24, 2.45) is 0 Å². The molecule has 0 radical (unpaired) electrons. The monoisotopic (exact) mass is 224 g/mol. The lowest BCUT2D eigenvalue weighted by molar-refractivity contribution is 0.475. The van der Waals surface area contributed by atoms with Gasteiger partial charge in [-0.3, -0.25) is 0 Å². The highest BCUT2D eigenvalue weighted by atomic mass is 79.9. The Morgan fingerprint density at radius 3 is 2.50 bits per heavy atom. The third-order valence-corrected chi connectivity index (χ3v) is 1.72. The molecule has 0 aromatic heterocycles. The smallest absolute Gasteiger partial charge is 0.115 e. The Bertz CT molecular complexity index is 292. The molecule has 0 amide bonds. The quantitative estimate of drug-likeness (QED) is 0.575. The predicted molar refractivity (Wildman–Crippen MR) is 53.4 cm³/mol. The van der Waals surface area contributed by atoms with E-state index in [0.29, 0.717) is 0 Å². The van der Waals surface area contributed by atoms with E-state index in [1.807, 2.05) is 0 Å². The lowest BCUT2D eigenvalue weighted by Crippen LogP contribution is -1.73. The molecule has 2 heteroatoms. The molecule has 0 saturated carbocycles. The van der Waals surface area contributed by atoms with Crippen LogP contribution in [0.2, 0.25) is 0 Å². The van der Waals surface area contributed by atoms with Crippen molar-refractivity contribution in [3.63, 3.8) is 0 Å². The molecule has 1 N–H and O–H groups in total. The van der Waals surface area contributed by atoms with Crippen molar-refractivity contribution < 1.29 is 5.11 Å². The summed E-state index contributed by atoms with van der Waals surface area (Å²) in [6.45, 7) is 0. The number of rotatable bonds is 1. The van der Waals surface area contributed by atoms with E-state index in [9.17, 15) is 0 Å². The number of benzene rings is 1. The Labute approximate surface area is 80.6 Å². The van der Waals surface area contributed by atoms with Crippen LogP contribution in [0.5, 0.6) is 5.75 Å². The molecule has 0 unspecified atom stereocenters. The SMILES string of the molecule is Oc1ccc(C#CCCBr)cc1. The summed E-state index contributed by atoms with van der Waals surface area (Å²) in [6.07, 6.45) is 0.848. The second-order valence-corrected chi connectivity index (χ2v) is 3.08. The summed E-state index contributed by atoms with van der Waals surface area (Å²) in [7, 11) is 0. The molecule has 1 aromatic rings. The minimum Gasteiger partial charge on any atom is -0.508 e. The molecular formula is C10H9BrO. The van der Waals surface area contributed by atoms with Gasteiger partial charge in [-0.05, 0) is 24.3 Å². The number of alkyl halides is 1. The van der Waals surface area contributed by atoms with Gasteiger partial charge < -0.3 is 5.11 Å². The Hall–Kier alpha value is -0.940. The second-order valence-electron chi connectivity index (χ2n) is 2.29. The maximum absolute atomic E-state index is 8.97. The zero-order valence-corrected chi connectivity index (χ0v) is 8.13. The van der Waals surface area contributed by atoms with Crippen LogP contribution in [0.4, 0.5) is 0 Å². The Kier molecular flexibility index (Phi) is 3.69. The van der Waals surface area contributed by atoms with Crippen LogP contribution in [0, 0.1) is 11.8 Å². The zero-order chi connectivity index (χ0) is 8.81. The number of phenols is 1. The summed E-state index contributed by atoms with van der Waals surface area (Å²) < 4.78 is 0. The van der Waals surface area contributed by atoms with Crippen molar-refractivity contribution in [2.45, 2.75) is 6.42 Å². The Morgan fingerprint density at radius 1 is 1.25 bits per heavy atom. The molecule has 0 fully saturated rings. The van der Waals surface area contributed by atoms with E-state index >= 15 is 0 Å². The number of phenolic OH excluding ortho intramolecular Hbond substituents is 1. The lowest BCUT2D eigenvalue weighted by Gasteiger charge is -1.90. The number of hydrogen-bond donors (Lipinski definition) is 1. The fourth-order valence-corrected chi connectivity index (χ4v) is 0.955. The standard InChI is InChI=1S/C10H9BrO/c11-8-2-1-3-9-4-6-10(12)7-5-9/h4-7,12H,2,8H2. The Morgan fingerprint density at radius 2 is 1.92 bits per heavy atom. The minimum atomic E-state index is 0.279.